The van der Waals surface area contributed by atoms with Gasteiger partial charge in [-0.3, -0.25) is 0 Å². The smallest absolute Gasteiger partial charge is 0.180 e. The zero-order valence-electron chi connectivity index (χ0n) is 48.9. The van der Waals surface area contributed by atoms with Crippen molar-refractivity contribution in [2.45, 2.75) is 0 Å². The van der Waals surface area contributed by atoms with Gasteiger partial charge >= 0.3 is 0 Å². The zero-order chi connectivity index (χ0) is 54.3. The summed E-state index contributed by atoms with van der Waals surface area (Å²) in [6.45, 7) is 0. The maximum atomic E-state index is 10.3. The maximum Gasteiger partial charge on any atom is 0.180 e. The second kappa shape index (κ2) is 13.5. The van der Waals surface area contributed by atoms with Gasteiger partial charge in [-0.15, -0.1) is 0 Å². The summed E-state index contributed by atoms with van der Waals surface area (Å²) in [5.74, 6) is 0. The Morgan fingerprint density at radius 1 is 0.368 bits per heavy atom. The molecular weight excluding hydrogens is 705 g/mol. The van der Waals surface area contributed by atoms with E-state index in [1.54, 1.807) is 0 Å². The Morgan fingerprint density at radius 2 is 0.912 bits per heavy atom. The highest BCUT2D eigenvalue weighted by molar-refractivity contribution is 7.20. The lowest BCUT2D eigenvalue weighted by Crippen LogP contribution is -2.74. The number of fused-ring (bicyclic) bond motifs is 6. The minimum atomic E-state index is -3.99. The monoisotopic (exact) mass is 761 g/mol. The van der Waals surface area contributed by atoms with E-state index in [0.717, 1.165) is 20.1 Å². The predicted molar refractivity (Wildman–Crippen MR) is 244 cm³/mol. The van der Waals surface area contributed by atoms with Gasteiger partial charge in [-0.05, 0) is 80.3 Å². The second-order valence-corrected chi connectivity index (χ2v) is 17.2. The van der Waals surface area contributed by atoms with Gasteiger partial charge in [0.25, 0.3) is 0 Å². The van der Waals surface area contributed by atoms with Crippen molar-refractivity contribution >= 4 is 72.4 Å². The lowest BCUT2D eigenvalue weighted by atomic mass is 10.1. The van der Waals surface area contributed by atoms with Gasteiger partial charge in [0.05, 0.1) is 48.1 Å². The molecule has 0 saturated heterocycles. The molecule has 2 heterocycles. The summed E-state index contributed by atoms with van der Waals surface area (Å²) in [4.78, 5) is 0. The predicted octanol–water partition coefficient (Wildman–Crippen LogP) is 10.9. The molecule has 268 valence electrons. The Bertz CT molecular complexity index is 4210. The molecule has 0 unspecified atom stereocenters. The summed E-state index contributed by atoms with van der Waals surface area (Å²) in [5.41, 5.74) is -1.67. The maximum absolute atomic E-state index is 10.3. The number of rotatable bonds is 7. The van der Waals surface area contributed by atoms with Gasteiger partial charge in [0.15, 0.2) is 8.07 Å². The molecule has 0 radical (unpaired) electrons. The van der Waals surface area contributed by atoms with Gasteiger partial charge in [-0.2, -0.15) is 0 Å². The topological polar surface area (TPSA) is 9.86 Å². The van der Waals surface area contributed by atoms with Crippen molar-refractivity contribution in [1.82, 2.24) is 9.13 Å². The van der Waals surface area contributed by atoms with Gasteiger partial charge in [0.1, 0.15) is 0 Å². The number of hydrogen-bond donors (Lipinski definition) is 0. The molecule has 0 N–H and O–H groups in total. The number of hydrogen-bond acceptors (Lipinski definition) is 0. The molecule has 0 aliphatic heterocycles. The Morgan fingerprint density at radius 3 is 1.58 bits per heavy atom. The molecular formula is C54H38N2Si. The van der Waals surface area contributed by atoms with E-state index >= 15 is 0 Å². The van der Waals surface area contributed by atoms with E-state index in [0.29, 0.717) is 0 Å². The molecule has 11 rings (SSSR count). The summed E-state index contributed by atoms with van der Waals surface area (Å²) >= 11 is 0. The fourth-order valence-corrected chi connectivity index (χ4v) is 13.0. The molecule has 0 bridgehead atoms. The summed E-state index contributed by atoms with van der Waals surface area (Å²) in [7, 11) is -3.99. The highest BCUT2D eigenvalue weighted by Gasteiger charge is 2.43. The van der Waals surface area contributed by atoms with Gasteiger partial charge in [0, 0.05) is 32.9 Å². The third-order valence-electron chi connectivity index (χ3n) is 10.5. The highest BCUT2D eigenvalue weighted by atomic mass is 28.3. The minimum Gasteiger partial charge on any atom is -0.309 e. The third-order valence-corrected chi connectivity index (χ3v) is 15.2. The average Bonchev–Trinajstić information content (AvgIpc) is 4.04. The molecule has 2 nitrogen and oxygen atoms in total. The van der Waals surface area contributed by atoms with Gasteiger partial charge in [-0.25, -0.2) is 0 Å². The molecule has 0 amide bonds. The van der Waals surface area contributed by atoms with Gasteiger partial charge in [0.2, 0.25) is 0 Å². The molecule has 0 saturated carbocycles. The summed E-state index contributed by atoms with van der Waals surface area (Å²) < 4.78 is 178. The van der Waals surface area contributed by atoms with Gasteiger partial charge < -0.3 is 9.13 Å². The van der Waals surface area contributed by atoms with Crippen LogP contribution in [-0.2, 0) is 0 Å². The number of benzene rings is 9. The quantitative estimate of drug-likeness (QED) is 0.113. The zero-order valence-corrected chi connectivity index (χ0v) is 30.9. The molecule has 57 heavy (non-hydrogen) atoms. The minimum absolute atomic E-state index is 0.0181. The molecule has 0 fully saturated rings. The Labute approximate surface area is 359 Å². The van der Waals surface area contributed by atoms with Crippen LogP contribution < -0.4 is 20.7 Å². The average molecular weight is 762 g/mol. The molecule has 0 atom stereocenters. The fourth-order valence-electron chi connectivity index (χ4n) is 8.15. The lowest BCUT2D eigenvalue weighted by molar-refractivity contribution is 1.17. The fraction of sp³-hybridized carbons (Fsp3) is 0. The molecule has 11 aromatic rings. The second-order valence-electron chi connectivity index (χ2n) is 13.4. The van der Waals surface area contributed by atoms with Crippen LogP contribution in [0.1, 0.15) is 26.0 Å². The van der Waals surface area contributed by atoms with Crippen LogP contribution >= 0.6 is 0 Å². The van der Waals surface area contributed by atoms with Crippen molar-refractivity contribution in [3.05, 3.63) is 230 Å². The Kier molecular flexibility index (Phi) is 4.53. The van der Waals surface area contributed by atoms with Crippen LogP contribution in [0.2, 0.25) is 0 Å². The first-order chi connectivity index (χ1) is 36.2. The molecule has 3 heteroatoms. The normalized spacial score (nSPS) is 16.5. The van der Waals surface area contributed by atoms with Crippen molar-refractivity contribution in [3.8, 4) is 22.5 Å². The molecule has 9 aromatic carbocycles. The summed E-state index contributed by atoms with van der Waals surface area (Å²) in [6, 6.07) is 21.9. The van der Waals surface area contributed by atoms with E-state index in [4.69, 9.17) is 12.3 Å². The van der Waals surface area contributed by atoms with Crippen molar-refractivity contribution in [3.63, 3.8) is 0 Å². The van der Waals surface area contributed by atoms with Gasteiger partial charge in [-0.1, -0.05) is 182 Å². The molecule has 2 aromatic heterocycles. The number of nitrogens with zero attached hydrogens (tertiary/aromatic N) is 2. The van der Waals surface area contributed by atoms with E-state index in [2.05, 4.69) is 0 Å². The molecule has 0 spiro atoms. The van der Waals surface area contributed by atoms with Crippen LogP contribution in [0.3, 0.4) is 0 Å². The Hall–Kier alpha value is -7.20. The lowest BCUT2D eigenvalue weighted by Gasteiger charge is -2.35. The number of para-hydroxylation sites is 2. The molecule has 0 aliphatic carbocycles. The van der Waals surface area contributed by atoms with Crippen LogP contribution in [-0.4, -0.2) is 17.2 Å². The first kappa shape index (κ1) is 19.1. The van der Waals surface area contributed by atoms with E-state index < -0.39 is 129 Å². The van der Waals surface area contributed by atoms with Crippen LogP contribution in [0.5, 0.6) is 0 Å². The van der Waals surface area contributed by atoms with E-state index in [1.165, 1.54) is 28.8 Å². The number of aromatic nitrogens is 2. The van der Waals surface area contributed by atoms with Crippen LogP contribution in [0.4, 0.5) is 0 Å². The van der Waals surface area contributed by atoms with Crippen molar-refractivity contribution in [2.75, 3.05) is 0 Å². The van der Waals surface area contributed by atoms with Crippen LogP contribution in [0, 0.1) is 0 Å². The summed E-state index contributed by atoms with van der Waals surface area (Å²) in [6.07, 6.45) is 0. The van der Waals surface area contributed by atoms with E-state index in [1.807, 2.05) is 91.0 Å². The first-order valence-electron chi connectivity index (χ1n) is 27.6. The third kappa shape index (κ3) is 5.17. The highest BCUT2D eigenvalue weighted by Crippen LogP contribution is 2.37. The first-order valence-corrected chi connectivity index (χ1v) is 20.1. The largest absolute Gasteiger partial charge is 0.309 e. The van der Waals surface area contributed by atoms with Crippen LogP contribution in [0.25, 0.3) is 66.1 Å². The van der Waals surface area contributed by atoms with E-state index in [-0.39, 0.29) is 65.6 Å². The molecule has 0 aliphatic rings. The van der Waals surface area contributed by atoms with Crippen molar-refractivity contribution in [2.24, 2.45) is 0 Å². The Balaban J connectivity index is 1.37. The SMILES string of the molecule is [2H]c1c([2H])c([2H])c(-c2cccc(-n3c4c([2H])c([2H])c([2H])c([2H])c4c4c([2H])c(-n5c6c([2H])c([2H])c([2H])c([2H])c6c6c([Si](c7ccccc7)(c7ccccc7)c7ccccc7)c([2H])c([2H])c([2H])c65)c([2H])c([2H])c43)c2)c([2H])c1[2H]. The van der Waals surface area contributed by atoms with Crippen molar-refractivity contribution < 1.29 is 26.0 Å². The van der Waals surface area contributed by atoms with Crippen molar-refractivity contribution in [1.29, 1.82) is 0 Å². The summed E-state index contributed by atoms with van der Waals surface area (Å²) in [5, 5.41) is 1.56. The van der Waals surface area contributed by atoms with Crippen LogP contribution in [0.15, 0.2) is 230 Å². The standard InChI is InChI=1S/C54H38N2Si/c1-5-19-39(20-6-1)40-21-17-22-41(37-40)55-49-31-15-13-29-46(49)48-38-42(35-36-51(48)55)56-50-32-16-14-30-47(50)54-52(56)33-18-34-53(54)57(43-23-7-2-8-24-43,44-25-9-3-10-26-44)45-27-11-4-12-28-45/h1-38H/i1D,5D,6D,13D,14D,15D,16D,18D,19D,20D,29D,30D,31D,32D,33D,34D,35D,36D,38D. The van der Waals surface area contributed by atoms with E-state index in [9.17, 15) is 13.7 Å².